The fourth-order valence-corrected chi connectivity index (χ4v) is 3.35. The summed E-state index contributed by atoms with van der Waals surface area (Å²) in [4.78, 5) is 26.6. The smallest absolute Gasteiger partial charge is 0.244 e. The second-order valence-corrected chi connectivity index (χ2v) is 7.38. The first kappa shape index (κ1) is 20.4. The molecule has 148 valence electrons. The molecule has 0 aliphatic carbocycles. The second kappa shape index (κ2) is 9.73. The predicted octanol–water partition coefficient (Wildman–Crippen LogP) is 3.39. The van der Waals surface area contributed by atoms with Crippen LogP contribution in [0.25, 0.3) is 0 Å². The van der Waals surface area contributed by atoms with Crippen LogP contribution in [0.3, 0.4) is 0 Å². The van der Waals surface area contributed by atoms with Gasteiger partial charge >= 0.3 is 0 Å². The van der Waals surface area contributed by atoms with Crippen LogP contribution in [0.5, 0.6) is 0 Å². The summed E-state index contributed by atoms with van der Waals surface area (Å²) in [5, 5.41) is 7.61. The maximum absolute atomic E-state index is 12.3. The number of benzene rings is 1. The Labute approximate surface area is 172 Å². The van der Waals surface area contributed by atoms with Crippen molar-refractivity contribution in [3.05, 3.63) is 52.4 Å². The summed E-state index contributed by atoms with van der Waals surface area (Å²) in [6.07, 6.45) is 6.16. The van der Waals surface area contributed by atoms with Crippen LogP contribution < -0.4 is 10.7 Å². The van der Waals surface area contributed by atoms with E-state index in [0.717, 1.165) is 24.9 Å². The van der Waals surface area contributed by atoms with Crippen molar-refractivity contribution in [1.82, 2.24) is 10.3 Å². The lowest BCUT2D eigenvalue weighted by molar-refractivity contribution is -0.127. The average Bonchev–Trinajstić information content (AvgIpc) is 3.18. The Balaban J connectivity index is 1.49. The summed E-state index contributed by atoms with van der Waals surface area (Å²) in [5.41, 5.74) is 3.78. The minimum atomic E-state index is -0.224. The van der Waals surface area contributed by atoms with E-state index in [1.807, 2.05) is 4.90 Å². The summed E-state index contributed by atoms with van der Waals surface area (Å²) in [5.74, 6) is -0.594. The highest BCUT2D eigenvalue weighted by atomic mass is 35.5. The van der Waals surface area contributed by atoms with Gasteiger partial charge < -0.3 is 9.73 Å². The van der Waals surface area contributed by atoms with Crippen molar-refractivity contribution in [3.63, 3.8) is 0 Å². The van der Waals surface area contributed by atoms with Crippen LogP contribution in [-0.2, 0) is 9.59 Å². The molecule has 1 aliphatic heterocycles. The molecule has 1 aliphatic rings. The topological polar surface area (TPSA) is 86.9 Å². The number of hydrogen-bond acceptors (Lipinski definition) is 5. The van der Waals surface area contributed by atoms with Crippen molar-refractivity contribution in [3.8, 4) is 0 Å². The van der Waals surface area contributed by atoms with E-state index < -0.39 is 0 Å². The number of nitrogens with zero attached hydrogens (tertiary/aromatic N) is 2. The van der Waals surface area contributed by atoms with Crippen LogP contribution in [0.2, 0.25) is 10.0 Å². The van der Waals surface area contributed by atoms with Gasteiger partial charge in [0, 0.05) is 17.1 Å². The van der Waals surface area contributed by atoms with Crippen LogP contribution in [0.15, 0.2) is 46.3 Å². The van der Waals surface area contributed by atoms with Crippen molar-refractivity contribution < 1.29 is 14.0 Å². The third-order valence-corrected chi connectivity index (χ3v) is 4.94. The van der Waals surface area contributed by atoms with E-state index in [4.69, 9.17) is 27.6 Å². The Morgan fingerprint density at radius 2 is 2.18 bits per heavy atom. The van der Waals surface area contributed by atoms with Crippen molar-refractivity contribution in [1.29, 1.82) is 0 Å². The fraction of sp³-hybridized carbons (Fsp3) is 0.316. The maximum atomic E-state index is 12.3. The van der Waals surface area contributed by atoms with Gasteiger partial charge in [0.15, 0.2) is 0 Å². The van der Waals surface area contributed by atoms with E-state index in [9.17, 15) is 9.59 Å². The molecule has 0 saturated carbocycles. The molecule has 9 heteroatoms. The molecular formula is C19H20Cl2N4O3. The molecule has 1 aromatic heterocycles. The molecule has 28 heavy (non-hydrogen) atoms. The standard InChI is InChI=1S/C19H20Cl2N4O3/c20-15-3-4-16(21)17(8-15)23-18(26)11-25-6-1-2-14(10-25)19(27)24-22-9-13-5-7-28-12-13/h3-5,7-9,12,14H,1-2,6,10-11H2,(H,23,26)(H,24,27)/b22-9-/t14-/m1/s1. The van der Waals surface area contributed by atoms with Crippen LogP contribution >= 0.6 is 23.2 Å². The van der Waals surface area contributed by atoms with Gasteiger partial charge in [0.2, 0.25) is 11.8 Å². The molecule has 0 radical (unpaired) electrons. The van der Waals surface area contributed by atoms with Gasteiger partial charge in [-0.1, -0.05) is 23.2 Å². The highest BCUT2D eigenvalue weighted by Crippen LogP contribution is 2.25. The SMILES string of the molecule is O=C(CN1CCC[C@@H](C(=O)N/N=C\c2ccoc2)C1)Nc1cc(Cl)ccc1Cl. The second-order valence-electron chi connectivity index (χ2n) is 6.54. The Morgan fingerprint density at radius 1 is 1.32 bits per heavy atom. The zero-order valence-corrected chi connectivity index (χ0v) is 16.5. The van der Waals surface area contributed by atoms with Crippen molar-refractivity contribution in [2.45, 2.75) is 12.8 Å². The van der Waals surface area contributed by atoms with Crippen molar-refractivity contribution in [2.24, 2.45) is 11.0 Å². The normalized spacial score (nSPS) is 17.6. The minimum absolute atomic E-state index is 0.164. The van der Waals surface area contributed by atoms with Gasteiger partial charge in [-0.15, -0.1) is 0 Å². The van der Waals surface area contributed by atoms with E-state index in [1.165, 1.54) is 18.7 Å². The first-order chi connectivity index (χ1) is 13.5. The summed E-state index contributed by atoms with van der Waals surface area (Å²) in [6, 6.07) is 6.63. The molecule has 2 amide bonds. The first-order valence-corrected chi connectivity index (χ1v) is 9.59. The first-order valence-electron chi connectivity index (χ1n) is 8.83. The number of furan rings is 1. The monoisotopic (exact) mass is 422 g/mol. The van der Waals surface area contributed by atoms with Crippen LogP contribution in [0, 0.1) is 5.92 Å². The highest BCUT2D eigenvalue weighted by Gasteiger charge is 2.26. The number of hydrogen-bond donors (Lipinski definition) is 2. The Morgan fingerprint density at radius 3 is 2.96 bits per heavy atom. The number of piperidine rings is 1. The quantitative estimate of drug-likeness (QED) is 0.551. The lowest BCUT2D eigenvalue weighted by atomic mass is 9.97. The summed E-state index contributed by atoms with van der Waals surface area (Å²) in [7, 11) is 0. The third-order valence-electron chi connectivity index (χ3n) is 4.38. The molecule has 1 fully saturated rings. The lowest BCUT2D eigenvalue weighted by Crippen LogP contribution is -2.44. The molecule has 2 aromatic rings. The Hall–Kier alpha value is -2.35. The van der Waals surface area contributed by atoms with Gasteiger partial charge in [0.25, 0.3) is 0 Å². The predicted molar refractivity (Wildman–Crippen MR) is 109 cm³/mol. The van der Waals surface area contributed by atoms with Crippen LogP contribution in [0.4, 0.5) is 5.69 Å². The summed E-state index contributed by atoms with van der Waals surface area (Å²) >= 11 is 12.0. The molecule has 7 nitrogen and oxygen atoms in total. The maximum Gasteiger partial charge on any atom is 0.244 e. The molecular weight excluding hydrogens is 403 g/mol. The number of carbonyl (C=O) groups excluding carboxylic acids is 2. The number of nitrogens with one attached hydrogen (secondary N) is 2. The fourth-order valence-electron chi connectivity index (χ4n) is 3.01. The zero-order chi connectivity index (χ0) is 19.9. The lowest BCUT2D eigenvalue weighted by Gasteiger charge is -2.31. The van der Waals surface area contributed by atoms with E-state index in [1.54, 1.807) is 24.3 Å². The van der Waals surface area contributed by atoms with Gasteiger partial charge in [0.05, 0.1) is 41.9 Å². The molecule has 3 rings (SSSR count). The molecule has 2 N–H and O–H groups in total. The molecule has 0 spiro atoms. The number of likely N-dealkylation sites (tertiary alicyclic amines) is 1. The van der Waals surface area contributed by atoms with Crippen molar-refractivity contribution in [2.75, 3.05) is 25.0 Å². The largest absolute Gasteiger partial charge is 0.472 e. The van der Waals surface area contributed by atoms with Gasteiger partial charge in [0.1, 0.15) is 0 Å². The number of carbonyl (C=O) groups is 2. The molecule has 1 atom stereocenters. The zero-order valence-electron chi connectivity index (χ0n) is 15.0. The van der Waals surface area contributed by atoms with Crippen LogP contribution in [0.1, 0.15) is 18.4 Å². The van der Waals surface area contributed by atoms with Gasteiger partial charge in [-0.2, -0.15) is 5.10 Å². The average molecular weight is 423 g/mol. The van der Waals surface area contributed by atoms with Gasteiger partial charge in [-0.25, -0.2) is 5.43 Å². The highest BCUT2D eigenvalue weighted by molar-refractivity contribution is 6.35. The molecule has 1 saturated heterocycles. The van der Waals surface area contributed by atoms with E-state index in [-0.39, 0.29) is 24.3 Å². The Kier molecular flexibility index (Phi) is 7.08. The number of amides is 2. The van der Waals surface area contributed by atoms with Crippen molar-refractivity contribution >= 4 is 46.9 Å². The van der Waals surface area contributed by atoms with Gasteiger partial charge in [-0.3, -0.25) is 14.5 Å². The number of halogens is 2. The molecule has 0 bridgehead atoms. The van der Waals surface area contributed by atoms with E-state index >= 15 is 0 Å². The molecule has 0 unspecified atom stereocenters. The summed E-state index contributed by atoms with van der Waals surface area (Å²) in [6.45, 7) is 1.41. The Bertz CT molecular complexity index is 855. The number of hydrazone groups is 1. The third kappa shape index (κ3) is 5.82. The molecule has 1 aromatic carbocycles. The summed E-state index contributed by atoms with van der Waals surface area (Å²) < 4.78 is 4.93. The van der Waals surface area contributed by atoms with E-state index in [0.29, 0.717) is 22.3 Å². The number of anilines is 1. The molecule has 2 heterocycles. The van der Waals surface area contributed by atoms with Crippen LogP contribution in [-0.4, -0.2) is 42.6 Å². The van der Waals surface area contributed by atoms with E-state index in [2.05, 4.69) is 15.8 Å². The number of rotatable bonds is 6. The minimum Gasteiger partial charge on any atom is -0.472 e. The van der Waals surface area contributed by atoms with Gasteiger partial charge in [-0.05, 0) is 43.7 Å².